The highest BCUT2D eigenvalue weighted by Crippen LogP contribution is 2.35. The molecule has 0 radical (unpaired) electrons. The van der Waals surface area contributed by atoms with Crippen LogP contribution in [0, 0.1) is 5.41 Å². The number of aromatic nitrogens is 1. The first-order valence-corrected chi connectivity index (χ1v) is 7.77. The summed E-state index contributed by atoms with van der Waals surface area (Å²) < 4.78 is 0. The van der Waals surface area contributed by atoms with Gasteiger partial charge in [-0.3, -0.25) is 5.41 Å². The number of hydrogen-bond donors (Lipinski definition) is 2. The van der Waals surface area contributed by atoms with E-state index in [0.717, 1.165) is 30.6 Å². The van der Waals surface area contributed by atoms with Gasteiger partial charge in [-0.2, -0.15) is 0 Å². The van der Waals surface area contributed by atoms with E-state index in [1.165, 1.54) is 30.5 Å². The predicted molar refractivity (Wildman–Crippen MR) is 82.5 cm³/mol. The Morgan fingerprint density at radius 3 is 2.95 bits per heavy atom. The number of amidine groups is 1. The van der Waals surface area contributed by atoms with E-state index in [-0.39, 0.29) is 5.84 Å². The zero-order valence-electron chi connectivity index (χ0n) is 12.4. The van der Waals surface area contributed by atoms with Gasteiger partial charge in [-0.25, -0.2) is 4.98 Å². The molecule has 1 aliphatic carbocycles. The Bertz CT molecular complexity index is 538. The highest BCUT2D eigenvalue weighted by molar-refractivity contribution is 6.00. The lowest BCUT2D eigenvalue weighted by Crippen LogP contribution is -2.37. The molecular formula is C16H24N4. The standard InChI is InChI=1S/C16H24N4/c1-3-12-8-7-10(2)20(12)16-13(15(17)18)9-11-5-4-6-14(11)19-16/h9-10,12H,3-8H2,1-2H3,(H3,17,18). The van der Waals surface area contributed by atoms with Crippen molar-refractivity contribution in [1.29, 1.82) is 5.41 Å². The Labute approximate surface area is 120 Å². The summed E-state index contributed by atoms with van der Waals surface area (Å²) in [6, 6.07) is 3.14. The minimum atomic E-state index is 0.149. The molecule has 2 atom stereocenters. The van der Waals surface area contributed by atoms with Crippen molar-refractivity contribution in [3.63, 3.8) is 0 Å². The molecule has 1 saturated heterocycles. The van der Waals surface area contributed by atoms with Gasteiger partial charge >= 0.3 is 0 Å². The van der Waals surface area contributed by atoms with Crippen LogP contribution in [0.3, 0.4) is 0 Å². The molecule has 1 aromatic rings. The quantitative estimate of drug-likeness (QED) is 0.656. The van der Waals surface area contributed by atoms with Gasteiger partial charge in [0.25, 0.3) is 0 Å². The molecule has 0 bridgehead atoms. The summed E-state index contributed by atoms with van der Waals surface area (Å²) in [6.07, 6.45) is 6.87. The second kappa shape index (κ2) is 5.08. The van der Waals surface area contributed by atoms with Crippen LogP contribution in [-0.2, 0) is 12.8 Å². The van der Waals surface area contributed by atoms with E-state index in [2.05, 4.69) is 24.8 Å². The maximum atomic E-state index is 7.90. The lowest BCUT2D eigenvalue weighted by molar-refractivity contribution is 0.619. The van der Waals surface area contributed by atoms with E-state index in [0.29, 0.717) is 12.1 Å². The van der Waals surface area contributed by atoms with E-state index < -0.39 is 0 Å². The van der Waals surface area contributed by atoms with Gasteiger partial charge in [-0.05, 0) is 57.1 Å². The third-order valence-corrected chi connectivity index (χ3v) is 4.82. The summed E-state index contributed by atoms with van der Waals surface area (Å²) in [7, 11) is 0. The van der Waals surface area contributed by atoms with Crippen LogP contribution in [0.15, 0.2) is 6.07 Å². The fourth-order valence-electron chi connectivity index (χ4n) is 3.71. The molecule has 0 saturated carbocycles. The summed E-state index contributed by atoms with van der Waals surface area (Å²) in [5, 5.41) is 7.90. The van der Waals surface area contributed by atoms with Crippen molar-refractivity contribution in [1.82, 2.24) is 4.98 Å². The minimum Gasteiger partial charge on any atom is -0.384 e. The fourth-order valence-corrected chi connectivity index (χ4v) is 3.71. The van der Waals surface area contributed by atoms with Gasteiger partial charge in [0.2, 0.25) is 0 Å². The lowest BCUT2D eigenvalue weighted by Gasteiger charge is -2.31. The van der Waals surface area contributed by atoms with Crippen LogP contribution >= 0.6 is 0 Å². The highest BCUT2D eigenvalue weighted by Gasteiger charge is 2.33. The molecule has 1 aliphatic heterocycles. The zero-order chi connectivity index (χ0) is 14.3. The van der Waals surface area contributed by atoms with Crippen molar-refractivity contribution in [2.75, 3.05) is 4.90 Å². The summed E-state index contributed by atoms with van der Waals surface area (Å²) in [4.78, 5) is 7.32. The first-order chi connectivity index (χ1) is 9.61. The van der Waals surface area contributed by atoms with E-state index in [4.69, 9.17) is 16.1 Å². The van der Waals surface area contributed by atoms with Crippen molar-refractivity contribution in [3.8, 4) is 0 Å². The Morgan fingerprint density at radius 2 is 2.25 bits per heavy atom. The zero-order valence-corrected chi connectivity index (χ0v) is 12.4. The van der Waals surface area contributed by atoms with Crippen molar-refractivity contribution in [3.05, 3.63) is 22.9 Å². The molecule has 2 heterocycles. The largest absolute Gasteiger partial charge is 0.384 e. The fraction of sp³-hybridized carbons (Fsp3) is 0.625. The van der Waals surface area contributed by atoms with Gasteiger partial charge in [0.15, 0.2) is 0 Å². The maximum Gasteiger partial charge on any atom is 0.140 e. The third-order valence-electron chi connectivity index (χ3n) is 4.82. The van der Waals surface area contributed by atoms with Crippen LogP contribution in [0.25, 0.3) is 0 Å². The number of aryl methyl sites for hydroxylation is 2. The molecule has 4 heteroatoms. The lowest BCUT2D eigenvalue weighted by atomic mass is 10.1. The third kappa shape index (κ3) is 2.07. The van der Waals surface area contributed by atoms with Gasteiger partial charge < -0.3 is 10.6 Å². The molecule has 0 aromatic carbocycles. The van der Waals surface area contributed by atoms with Gasteiger partial charge in [-0.1, -0.05) is 6.92 Å². The number of anilines is 1. The molecule has 4 nitrogen and oxygen atoms in total. The van der Waals surface area contributed by atoms with Crippen LogP contribution < -0.4 is 10.6 Å². The van der Waals surface area contributed by atoms with E-state index in [1.54, 1.807) is 0 Å². The Kier molecular flexibility index (Phi) is 3.40. The molecule has 2 aliphatic rings. The number of fused-ring (bicyclic) bond motifs is 1. The van der Waals surface area contributed by atoms with Crippen molar-refractivity contribution in [2.45, 2.75) is 64.5 Å². The molecule has 20 heavy (non-hydrogen) atoms. The van der Waals surface area contributed by atoms with Gasteiger partial charge in [0, 0.05) is 17.8 Å². The number of rotatable bonds is 3. The van der Waals surface area contributed by atoms with Crippen LogP contribution in [0.2, 0.25) is 0 Å². The second-order valence-electron chi connectivity index (χ2n) is 6.13. The number of nitrogens with one attached hydrogen (secondary N) is 1. The molecule has 3 rings (SSSR count). The average Bonchev–Trinajstić information content (AvgIpc) is 3.02. The molecule has 1 aromatic heterocycles. The molecule has 3 N–H and O–H groups in total. The van der Waals surface area contributed by atoms with Gasteiger partial charge in [0.05, 0.1) is 5.56 Å². The summed E-state index contributed by atoms with van der Waals surface area (Å²) in [6.45, 7) is 4.49. The molecule has 0 amide bonds. The average molecular weight is 272 g/mol. The Hall–Kier alpha value is -1.58. The van der Waals surface area contributed by atoms with Gasteiger partial charge in [-0.15, -0.1) is 0 Å². The molecular weight excluding hydrogens is 248 g/mol. The normalized spacial score (nSPS) is 25.0. The number of hydrogen-bond acceptors (Lipinski definition) is 3. The van der Waals surface area contributed by atoms with Gasteiger partial charge in [0.1, 0.15) is 11.7 Å². The number of nitrogens with zero attached hydrogens (tertiary/aromatic N) is 2. The Balaban J connectivity index is 2.09. The predicted octanol–water partition coefficient (Wildman–Crippen LogP) is 2.62. The van der Waals surface area contributed by atoms with Crippen LogP contribution in [-0.4, -0.2) is 22.9 Å². The number of nitrogens with two attached hydrogens (primary N) is 1. The van der Waals surface area contributed by atoms with Crippen molar-refractivity contribution >= 4 is 11.7 Å². The minimum absolute atomic E-state index is 0.149. The first kappa shape index (κ1) is 13.4. The molecule has 0 spiro atoms. The van der Waals surface area contributed by atoms with Crippen LogP contribution in [0.5, 0.6) is 0 Å². The monoisotopic (exact) mass is 272 g/mol. The van der Waals surface area contributed by atoms with Crippen LogP contribution in [0.4, 0.5) is 5.82 Å². The summed E-state index contributed by atoms with van der Waals surface area (Å²) in [5.41, 5.74) is 9.17. The Morgan fingerprint density at radius 1 is 1.45 bits per heavy atom. The van der Waals surface area contributed by atoms with E-state index in [9.17, 15) is 0 Å². The maximum absolute atomic E-state index is 7.90. The highest BCUT2D eigenvalue weighted by atomic mass is 15.3. The molecule has 2 unspecified atom stereocenters. The van der Waals surface area contributed by atoms with Crippen molar-refractivity contribution < 1.29 is 0 Å². The van der Waals surface area contributed by atoms with E-state index >= 15 is 0 Å². The van der Waals surface area contributed by atoms with E-state index in [1.807, 2.05) is 0 Å². The first-order valence-electron chi connectivity index (χ1n) is 7.77. The summed E-state index contributed by atoms with van der Waals surface area (Å²) in [5.74, 6) is 1.10. The smallest absolute Gasteiger partial charge is 0.140 e. The topological polar surface area (TPSA) is 66.0 Å². The second-order valence-corrected chi connectivity index (χ2v) is 6.13. The number of pyridine rings is 1. The number of nitrogen functional groups attached to an aromatic ring is 1. The molecule has 1 fully saturated rings. The molecule has 108 valence electrons. The SMILES string of the molecule is CCC1CCC(C)N1c1nc2c(cc1C(=N)N)CCC2. The summed E-state index contributed by atoms with van der Waals surface area (Å²) >= 11 is 0. The van der Waals surface area contributed by atoms with Crippen LogP contribution in [0.1, 0.15) is 56.4 Å². The van der Waals surface area contributed by atoms with Crippen molar-refractivity contribution in [2.24, 2.45) is 5.73 Å².